The number of carbonyl (C=O) groups is 1. The Hall–Kier alpha value is -2.08. The third kappa shape index (κ3) is 3.71. The number of rotatable bonds is 5. The van der Waals surface area contributed by atoms with Gasteiger partial charge in [-0.1, -0.05) is 0 Å². The second-order valence-electron chi connectivity index (χ2n) is 5.03. The standard InChI is InChI=1S/C14H20N4O2/c1-10-7-13(18(4)16-10)15-14(19)9-17(3)8-12-6-5-11(2)20-12/h5-7H,8-9H2,1-4H3,(H,15,19). The molecule has 0 aromatic carbocycles. The van der Waals surface area contributed by atoms with Crippen molar-refractivity contribution in [1.29, 1.82) is 0 Å². The zero-order valence-corrected chi connectivity index (χ0v) is 12.3. The van der Waals surface area contributed by atoms with Crippen molar-refractivity contribution in [3.8, 4) is 0 Å². The molecule has 0 aliphatic carbocycles. The normalized spacial score (nSPS) is 11.1. The van der Waals surface area contributed by atoms with Gasteiger partial charge in [0.05, 0.1) is 18.8 Å². The average molecular weight is 276 g/mol. The molecule has 108 valence electrons. The molecule has 0 aliphatic rings. The van der Waals surface area contributed by atoms with Crippen LogP contribution in [-0.4, -0.2) is 34.2 Å². The van der Waals surface area contributed by atoms with Gasteiger partial charge in [-0.05, 0) is 33.0 Å². The van der Waals surface area contributed by atoms with Crippen LogP contribution in [0.2, 0.25) is 0 Å². The number of aromatic nitrogens is 2. The Morgan fingerprint density at radius 1 is 1.45 bits per heavy atom. The Kier molecular flexibility index (Phi) is 4.24. The Morgan fingerprint density at radius 2 is 2.20 bits per heavy atom. The predicted octanol–water partition coefficient (Wildman–Crippen LogP) is 1.70. The molecule has 2 aromatic heterocycles. The number of hydrogen-bond acceptors (Lipinski definition) is 4. The quantitative estimate of drug-likeness (QED) is 0.903. The monoisotopic (exact) mass is 276 g/mol. The van der Waals surface area contributed by atoms with Gasteiger partial charge in [-0.25, -0.2) is 0 Å². The van der Waals surface area contributed by atoms with Gasteiger partial charge in [0.15, 0.2) is 0 Å². The molecule has 0 aliphatic heterocycles. The first kappa shape index (κ1) is 14.3. The summed E-state index contributed by atoms with van der Waals surface area (Å²) in [4.78, 5) is 13.9. The first-order chi connectivity index (χ1) is 9.44. The molecule has 0 fully saturated rings. The van der Waals surface area contributed by atoms with Gasteiger partial charge in [0.1, 0.15) is 17.3 Å². The second-order valence-corrected chi connectivity index (χ2v) is 5.03. The Balaban J connectivity index is 1.86. The molecule has 6 nitrogen and oxygen atoms in total. The molecule has 0 radical (unpaired) electrons. The van der Waals surface area contributed by atoms with E-state index in [0.717, 1.165) is 17.2 Å². The number of nitrogens with zero attached hydrogens (tertiary/aromatic N) is 3. The van der Waals surface area contributed by atoms with Crippen LogP contribution in [0.4, 0.5) is 5.82 Å². The van der Waals surface area contributed by atoms with Gasteiger partial charge in [-0.3, -0.25) is 14.4 Å². The summed E-state index contributed by atoms with van der Waals surface area (Å²) >= 11 is 0. The number of hydrogen-bond donors (Lipinski definition) is 1. The molecule has 20 heavy (non-hydrogen) atoms. The van der Waals surface area contributed by atoms with Gasteiger partial charge < -0.3 is 9.73 Å². The predicted molar refractivity (Wildman–Crippen MR) is 76.4 cm³/mol. The van der Waals surface area contributed by atoms with Crippen molar-refractivity contribution in [2.45, 2.75) is 20.4 Å². The van der Waals surface area contributed by atoms with Crippen molar-refractivity contribution in [3.63, 3.8) is 0 Å². The summed E-state index contributed by atoms with van der Waals surface area (Å²) in [5, 5.41) is 7.03. The summed E-state index contributed by atoms with van der Waals surface area (Å²) in [6, 6.07) is 5.68. The van der Waals surface area contributed by atoms with Gasteiger partial charge in [0.2, 0.25) is 5.91 Å². The van der Waals surface area contributed by atoms with E-state index in [0.29, 0.717) is 18.9 Å². The fraction of sp³-hybridized carbons (Fsp3) is 0.429. The lowest BCUT2D eigenvalue weighted by molar-refractivity contribution is -0.117. The molecule has 1 N–H and O–H groups in total. The zero-order chi connectivity index (χ0) is 14.7. The molecule has 0 bridgehead atoms. The zero-order valence-electron chi connectivity index (χ0n) is 12.3. The van der Waals surface area contributed by atoms with Crippen LogP contribution < -0.4 is 5.32 Å². The maximum Gasteiger partial charge on any atom is 0.239 e. The fourth-order valence-electron chi connectivity index (χ4n) is 2.05. The highest BCUT2D eigenvalue weighted by Crippen LogP contribution is 2.10. The molecule has 0 unspecified atom stereocenters. The van der Waals surface area contributed by atoms with E-state index in [1.165, 1.54) is 0 Å². The molecule has 1 amide bonds. The summed E-state index contributed by atoms with van der Waals surface area (Å²) in [7, 11) is 3.68. The Morgan fingerprint density at radius 3 is 2.75 bits per heavy atom. The third-order valence-electron chi connectivity index (χ3n) is 2.90. The van der Waals surface area contributed by atoms with Crippen molar-refractivity contribution in [1.82, 2.24) is 14.7 Å². The molecule has 0 saturated heterocycles. The lowest BCUT2D eigenvalue weighted by atomic mass is 10.4. The molecule has 0 saturated carbocycles. The number of nitrogens with one attached hydrogen (secondary N) is 1. The summed E-state index contributed by atoms with van der Waals surface area (Å²) in [5.41, 5.74) is 0.877. The Labute approximate surface area is 118 Å². The number of aryl methyl sites for hydroxylation is 3. The van der Waals surface area contributed by atoms with E-state index >= 15 is 0 Å². The highest BCUT2D eigenvalue weighted by molar-refractivity contribution is 5.91. The number of anilines is 1. The van der Waals surface area contributed by atoms with Crippen molar-refractivity contribution in [2.75, 3.05) is 18.9 Å². The molecule has 6 heteroatoms. The minimum Gasteiger partial charge on any atom is -0.465 e. The van der Waals surface area contributed by atoms with E-state index < -0.39 is 0 Å². The van der Waals surface area contributed by atoms with Gasteiger partial charge in [0.25, 0.3) is 0 Å². The van der Waals surface area contributed by atoms with E-state index in [2.05, 4.69) is 10.4 Å². The van der Waals surface area contributed by atoms with Gasteiger partial charge >= 0.3 is 0 Å². The van der Waals surface area contributed by atoms with Gasteiger partial charge in [0, 0.05) is 13.1 Å². The molecule has 2 heterocycles. The van der Waals surface area contributed by atoms with E-state index in [-0.39, 0.29) is 5.91 Å². The SMILES string of the molecule is Cc1cc(NC(=O)CN(C)Cc2ccc(C)o2)n(C)n1. The number of amides is 1. The van der Waals surface area contributed by atoms with Crippen molar-refractivity contribution < 1.29 is 9.21 Å². The summed E-state index contributed by atoms with van der Waals surface area (Å²) in [6.07, 6.45) is 0. The fourth-order valence-corrected chi connectivity index (χ4v) is 2.05. The van der Waals surface area contributed by atoms with Crippen molar-refractivity contribution in [2.24, 2.45) is 7.05 Å². The molecule has 0 atom stereocenters. The molecular weight excluding hydrogens is 256 g/mol. The second kappa shape index (κ2) is 5.92. The molecular formula is C14H20N4O2. The average Bonchev–Trinajstić information content (AvgIpc) is 2.85. The largest absolute Gasteiger partial charge is 0.465 e. The first-order valence-corrected chi connectivity index (χ1v) is 6.48. The summed E-state index contributed by atoms with van der Waals surface area (Å²) < 4.78 is 7.14. The topological polar surface area (TPSA) is 63.3 Å². The van der Waals surface area contributed by atoms with E-state index in [4.69, 9.17) is 4.42 Å². The van der Waals surface area contributed by atoms with Crippen LogP contribution in [0.1, 0.15) is 17.2 Å². The third-order valence-corrected chi connectivity index (χ3v) is 2.90. The highest BCUT2D eigenvalue weighted by Gasteiger charge is 2.11. The Bertz CT molecular complexity index is 600. The van der Waals surface area contributed by atoms with Gasteiger partial charge in [-0.15, -0.1) is 0 Å². The van der Waals surface area contributed by atoms with Crippen LogP contribution in [-0.2, 0) is 18.4 Å². The van der Waals surface area contributed by atoms with E-state index in [9.17, 15) is 4.79 Å². The number of likely N-dealkylation sites (N-methyl/N-ethyl adjacent to an activating group) is 1. The minimum absolute atomic E-state index is 0.0706. The number of carbonyl (C=O) groups excluding carboxylic acids is 1. The van der Waals surface area contributed by atoms with E-state index in [1.54, 1.807) is 11.7 Å². The molecule has 0 spiro atoms. The molecule has 2 aromatic rings. The van der Waals surface area contributed by atoms with Gasteiger partial charge in [-0.2, -0.15) is 5.10 Å². The smallest absolute Gasteiger partial charge is 0.239 e. The lowest BCUT2D eigenvalue weighted by Gasteiger charge is -2.14. The van der Waals surface area contributed by atoms with Crippen LogP contribution in [0.25, 0.3) is 0 Å². The van der Waals surface area contributed by atoms with Crippen LogP contribution in [0, 0.1) is 13.8 Å². The van der Waals surface area contributed by atoms with E-state index in [1.807, 2.05) is 44.0 Å². The minimum atomic E-state index is -0.0706. The lowest BCUT2D eigenvalue weighted by Crippen LogP contribution is -2.30. The molecule has 2 rings (SSSR count). The van der Waals surface area contributed by atoms with Crippen LogP contribution in [0.5, 0.6) is 0 Å². The van der Waals surface area contributed by atoms with Crippen LogP contribution in [0.15, 0.2) is 22.6 Å². The van der Waals surface area contributed by atoms with Crippen molar-refractivity contribution in [3.05, 3.63) is 35.4 Å². The van der Waals surface area contributed by atoms with Crippen LogP contribution in [0.3, 0.4) is 0 Å². The highest BCUT2D eigenvalue weighted by atomic mass is 16.3. The summed E-state index contributed by atoms with van der Waals surface area (Å²) in [5.74, 6) is 2.37. The van der Waals surface area contributed by atoms with Crippen molar-refractivity contribution >= 4 is 11.7 Å². The maximum absolute atomic E-state index is 12.0. The summed E-state index contributed by atoms with van der Waals surface area (Å²) in [6.45, 7) is 4.69. The number of furan rings is 1. The van der Waals surface area contributed by atoms with Crippen LogP contribution >= 0.6 is 0 Å². The first-order valence-electron chi connectivity index (χ1n) is 6.48. The maximum atomic E-state index is 12.0.